The van der Waals surface area contributed by atoms with E-state index in [0.717, 1.165) is 0 Å². The highest BCUT2D eigenvalue weighted by molar-refractivity contribution is 5.95. The third-order valence-corrected chi connectivity index (χ3v) is 3.49. The quantitative estimate of drug-likeness (QED) is 0.825. The van der Waals surface area contributed by atoms with Crippen LogP contribution in [0.25, 0.3) is 0 Å². The number of nitrogen functional groups attached to an aromatic ring is 1. The number of hydrogen-bond acceptors (Lipinski definition) is 3. The third-order valence-electron chi connectivity index (χ3n) is 3.49. The van der Waals surface area contributed by atoms with Crippen LogP contribution in [0.3, 0.4) is 0 Å². The number of rotatable bonds is 3. The van der Waals surface area contributed by atoms with Gasteiger partial charge in [0.2, 0.25) is 0 Å². The Morgan fingerprint density at radius 3 is 2.68 bits per heavy atom. The smallest absolute Gasteiger partial charge is 0.251 e. The molecule has 4 nitrogen and oxygen atoms in total. The third kappa shape index (κ3) is 3.36. The van der Waals surface area contributed by atoms with E-state index in [1.165, 1.54) is 7.11 Å². The number of nitrogens with two attached hydrogens (primary N) is 1. The van der Waals surface area contributed by atoms with Gasteiger partial charge in [0.1, 0.15) is 11.9 Å². The topological polar surface area (TPSA) is 64.3 Å². The second kappa shape index (κ2) is 5.91. The molecule has 1 aliphatic carbocycles. The SMILES string of the molecule is COc1cc(C(=O)NC2CCC(F)CC2)ccc1N. The summed E-state index contributed by atoms with van der Waals surface area (Å²) in [6, 6.07) is 4.98. The zero-order valence-corrected chi connectivity index (χ0v) is 11.0. The predicted octanol–water partition coefficient (Wildman–Crippen LogP) is 2.29. The first kappa shape index (κ1) is 13.6. The highest BCUT2D eigenvalue weighted by Gasteiger charge is 2.22. The molecule has 19 heavy (non-hydrogen) atoms. The van der Waals surface area contributed by atoms with Gasteiger partial charge in [-0.3, -0.25) is 4.79 Å². The molecule has 0 heterocycles. The molecule has 0 spiro atoms. The summed E-state index contributed by atoms with van der Waals surface area (Å²) >= 11 is 0. The Morgan fingerprint density at radius 1 is 1.37 bits per heavy atom. The van der Waals surface area contributed by atoms with Gasteiger partial charge in [0.05, 0.1) is 12.8 Å². The van der Waals surface area contributed by atoms with E-state index in [0.29, 0.717) is 42.7 Å². The molecule has 2 rings (SSSR count). The standard InChI is InChI=1S/C14H19FN2O2/c1-19-13-8-9(2-7-12(13)16)14(18)17-11-5-3-10(15)4-6-11/h2,7-8,10-11H,3-6,16H2,1H3,(H,17,18). The number of benzene rings is 1. The lowest BCUT2D eigenvalue weighted by molar-refractivity contribution is 0.0916. The fourth-order valence-electron chi connectivity index (χ4n) is 2.32. The Labute approximate surface area is 112 Å². The van der Waals surface area contributed by atoms with E-state index in [1.807, 2.05) is 0 Å². The molecule has 0 bridgehead atoms. The van der Waals surface area contributed by atoms with Gasteiger partial charge in [-0.15, -0.1) is 0 Å². The molecule has 1 aromatic rings. The fourth-order valence-corrected chi connectivity index (χ4v) is 2.32. The molecule has 1 fully saturated rings. The highest BCUT2D eigenvalue weighted by atomic mass is 19.1. The minimum Gasteiger partial charge on any atom is -0.495 e. The number of hydrogen-bond donors (Lipinski definition) is 2. The first-order valence-electron chi connectivity index (χ1n) is 6.48. The monoisotopic (exact) mass is 266 g/mol. The maximum absolute atomic E-state index is 13.0. The minimum absolute atomic E-state index is 0.0584. The van der Waals surface area contributed by atoms with E-state index in [-0.39, 0.29) is 11.9 Å². The number of ether oxygens (including phenoxy) is 1. The molecule has 0 aliphatic heterocycles. The fraction of sp³-hybridized carbons (Fsp3) is 0.500. The van der Waals surface area contributed by atoms with Crippen LogP contribution in [-0.2, 0) is 0 Å². The number of halogens is 1. The number of methoxy groups -OCH3 is 1. The van der Waals surface area contributed by atoms with Crippen molar-refractivity contribution in [2.24, 2.45) is 0 Å². The molecule has 1 aliphatic rings. The van der Waals surface area contributed by atoms with Crippen LogP contribution in [0.2, 0.25) is 0 Å². The normalized spacial score (nSPS) is 22.8. The summed E-state index contributed by atoms with van der Waals surface area (Å²) < 4.78 is 18.1. The van der Waals surface area contributed by atoms with Crippen molar-refractivity contribution < 1.29 is 13.9 Å². The summed E-state index contributed by atoms with van der Waals surface area (Å²) in [4.78, 5) is 12.1. The Bertz CT molecular complexity index is 457. The zero-order valence-electron chi connectivity index (χ0n) is 11.0. The van der Waals surface area contributed by atoms with Gasteiger partial charge in [0, 0.05) is 11.6 Å². The maximum atomic E-state index is 13.0. The predicted molar refractivity (Wildman–Crippen MR) is 72.0 cm³/mol. The summed E-state index contributed by atoms with van der Waals surface area (Å²) in [6.07, 6.45) is 1.72. The molecule has 3 N–H and O–H groups in total. The van der Waals surface area contributed by atoms with Crippen molar-refractivity contribution >= 4 is 11.6 Å². The summed E-state index contributed by atoms with van der Waals surface area (Å²) in [6.45, 7) is 0. The van der Waals surface area contributed by atoms with Crippen LogP contribution in [0, 0.1) is 0 Å². The number of amides is 1. The van der Waals surface area contributed by atoms with Gasteiger partial charge in [-0.05, 0) is 43.9 Å². The van der Waals surface area contributed by atoms with Crippen molar-refractivity contribution in [2.45, 2.75) is 37.9 Å². The second-order valence-corrected chi connectivity index (χ2v) is 4.88. The average Bonchev–Trinajstić information content (AvgIpc) is 2.42. The lowest BCUT2D eigenvalue weighted by atomic mass is 9.94. The number of nitrogens with one attached hydrogen (secondary N) is 1. The second-order valence-electron chi connectivity index (χ2n) is 4.88. The van der Waals surface area contributed by atoms with Crippen LogP contribution < -0.4 is 15.8 Å². The van der Waals surface area contributed by atoms with Crippen molar-refractivity contribution in [1.29, 1.82) is 0 Å². The van der Waals surface area contributed by atoms with Crippen LogP contribution >= 0.6 is 0 Å². The van der Waals surface area contributed by atoms with Gasteiger partial charge in [-0.25, -0.2) is 4.39 Å². The molecule has 1 saturated carbocycles. The van der Waals surface area contributed by atoms with E-state index in [2.05, 4.69) is 5.32 Å². The Hall–Kier alpha value is -1.78. The van der Waals surface area contributed by atoms with E-state index < -0.39 is 6.17 Å². The molecular formula is C14H19FN2O2. The molecule has 0 unspecified atom stereocenters. The summed E-state index contributed by atoms with van der Waals surface area (Å²) in [5.41, 5.74) is 6.71. The number of carbonyl (C=O) groups excluding carboxylic acids is 1. The minimum atomic E-state index is -0.718. The lowest BCUT2D eigenvalue weighted by Crippen LogP contribution is -2.37. The highest BCUT2D eigenvalue weighted by Crippen LogP contribution is 2.24. The molecule has 0 radical (unpaired) electrons. The number of carbonyl (C=O) groups is 1. The first-order valence-corrected chi connectivity index (χ1v) is 6.48. The molecule has 0 aromatic heterocycles. The molecule has 0 atom stereocenters. The molecule has 0 saturated heterocycles. The maximum Gasteiger partial charge on any atom is 0.251 e. The van der Waals surface area contributed by atoms with Crippen LogP contribution in [0.1, 0.15) is 36.0 Å². The van der Waals surface area contributed by atoms with Gasteiger partial charge in [0.25, 0.3) is 5.91 Å². The van der Waals surface area contributed by atoms with Crippen LogP contribution in [0.5, 0.6) is 5.75 Å². The Balaban J connectivity index is 2.00. The van der Waals surface area contributed by atoms with E-state index in [4.69, 9.17) is 10.5 Å². The largest absolute Gasteiger partial charge is 0.495 e. The average molecular weight is 266 g/mol. The molecule has 1 amide bonds. The van der Waals surface area contributed by atoms with Gasteiger partial charge in [0.15, 0.2) is 0 Å². The molecular weight excluding hydrogens is 247 g/mol. The molecule has 104 valence electrons. The van der Waals surface area contributed by atoms with E-state index >= 15 is 0 Å². The zero-order chi connectivity index (χ0) is 13.8. The number of alkyl halides is 1. The molecule has 5 heteroatoms. The lowest BCUT2D eigenvalue weighted by Gasteiger charge is -2.25. The summed E-state index contributed by atoms with van der Waals surface area (Å²) in [5, 5.41) is 2.92. The van der Waals surface area contributed by atoms with Gasteiger partial charge >= 0.3 is 0 Å². The van der Waals surface area contributed by atoms with Gasteiger partial charge in [-0.2, -0.15) is 0 Å². The van der Waals surface area contributed by atoms with Crippen molar-refractivity contribution in [3.63, 3.8) is 0 Å². The summed E-state index contributed by atoms with van der Waals surface area (Å²) in [5.74, 6) is 0.320. The number of anilines is 1. The van der Waals surface area contributed by atoms with Crippen LogP contribution in [0.4, 0.5) is 10.1 Å². The van der Waals surface area contributed by atoms with E-state index in [1.54, 1.807) is 18.2 Å². The van der Waals surface area contributed by atoms with Crippen molar-refractivity contribution in [3.8, 4) is 5.75 Å². The summed E-state index contributed by atoms with van der Waals surface area (Å²) in [7, 11) is 1.51. The van der Waals surface area contributed by atoms with Crippen LogP contribution in [-0.4, -0.2) is 25.2 Å². The van der Waals surface area contributed by atoms with Crippen molar-refractivity contribution in [3.05, 3.63) is 23.8 Å². The van der Waals surface area contributed by atoms with Gasteiger partial charge in [-0.1, -0.05) is 0 Å². The molecule has 1 aromatic carbocycles. The Morgan fingerprint density at radius 2 is 2.05 bits per heavy atom. The van der Waals surface area contributed by atoms with Crippen molar-refractivity contribution in [2.75, 3.05) is 12.8 Å². The van der Waals surface area contributed by atoms with Crippen molar-refractivity contribution in [1.82, 2.24) is 5.32 Å². The Kier molecular flexibility index (Phi) is 4.24. The first-order chi connectivity index (χ1) is 9.10. The van der Waals surface area contributed by atoms with Gasteiger partial charge < -0.3 is 15.8 Å². The van der Waals surface area contributed by atoms with Crippen LogP contribution in [0.15, 0.2) is 18.2 Å². The van der Waals surface area contributed by atoms with E-state index in [9.17, 15) is 9.18 Å².